The molecule has 0 bridgehead atoms. The molecule has 35 heavy (non-hydrogen) atoms. The van der Waals surface area contributed by atoms with E-state index in [9.17, 15) is 13.2 Å². The molecule has 4 heteroatoms. The van der Waals surface area contributed by atoms with E-state index in [1.807, 2.05) is 61.5 Å². The van der Waals surface area contributed by atoms with E-state index in [1.54, 1.807) is 36.4 Å². The molecule has 1 unspecified atom stereocenters. The highest BCUT2D eigenvalue weighted by Gasteiger charge is 2.25. The second-order valence-corrected chi connectivity index (χ2v) is 8.47. The van der Waals surface area contributed by atoms with E-state index in [-0.39, 0.29) is 23.0 Å². The maximum atomic E-state index is 14.8. The third-order valence-electron chi connectivity index (χ3n) is 6.07. The maximum absolute atomic E-state index is 14.8. The lowest BCUT2D eigenvalue weighted by Gasteiger charge is -2.08. The second kappa shape index (κ2) is 9.77. The SMILES string of the molecule is C/C=C/c1ccc(-c2ccc(/C=C/c3ccc(-c4ccc(C5CO5)cc4F)cc3)c(F)c2F)cc1. The fourth-order valence-corrected chi connectivity index (χ4v) is 4.05. The lowest BCUT2D eigenvalue weighted by atomic mass is 9.99. The predicted molar refractivity (Wildman–Crippen MR) is 136 cm³/mol. The van der Waals surface area contributed by atoms with Crippen molar-refractivity contribution in [2.45, 2.75) is 13.0 Å². The number of benzene rings is 4. The standard InChI is InChI=1S/C31H23F3O/c1-2-3-20-4-11-23(12-5-20)27-17-14-24(30(33)31(27)34)13-8-21-6-9-22(10-7-21)26-16-15-25(18-28(26)32)29-19-35-29/h2-18,29H,19H2,1H3/b3-2+,13-8+. The van der Waals surface area contributed by atoms with Crippen molar-refractivity contribution in [1.82, 2.24) is 0 Å². The Morgan fingerprint density at radius 1 is 0.686 bits per heavy atom. The molecule has 1 fully saturated rings. The van der Waals surface area contributed by atoms with Crippen LogP contribution in [0.5, 0.6) is 0 Å². The van der Waals surface area contributed by atoms with Gasteiger partial charge in [-0.05, 0) is 40.8 Å². The Morgan fingerprint density at radius 2 is 1.29 bits per heavy atom. The molecule has 0 spiro atoms. The Labute approximate surface area is 202 Å². The zero-order valence-electron chi connectivity index (χ0n) is 19.1. The van der Waals surface area contributed by atoms with Crippen LogP contribution in [-0.4, -0.2) is 6.61 Å². The molecule has 0 aromatic heterocycles. The van der Waals surface area contributed by atoms with E-state index < -0.39 is 11.6 Å². The van der Waals surface area contributed by atoms with Gasteiger partial charge < -0.3 is 4.74 Å². The van der Waals surface area contributed by atoms with Crippen molar-refractivity contribution >= 4 is 18.2 Å². The Balaban J connectivity index is 1.33. The number of rotatable bonds is 6. The van der Waals surface area contributed by atoms with Crippen molar-refractivity contribution < 1.29 is 17.9 Å². The average Bonchev–Trinajstić information content (AvgIpc) is 3.72. The summed E-state index contributed by atoms with van der Waals surface area (Å²) in [6.07, 6.45) is 7.12. The van der Waals surface area contributed by atoms with Gasteiger partial charge in [-0.15, -0.1) is 0 Å². The molecule has 0 saturated carbocycles. The molecule has 1 heterocycles. The van der Waals surface area contributed by atoms with E-state index >= 15 is 0 Å². The molecule has 1 saturated heterocycles. The molecule has 0 aliphatic carbocycles. The summed E-state index contributed by atoms with van der Waals surface area (Å²) < 4.78 is 49.3. The van der Waals surface area contributed by atoms with Crippen LogP contribution >= 0.6 is 0 Å². The molecule has 0 N–H and O–H groups in total. The number of ether oxygens (including phenoxy) is 1. The second-order valence-electron chi connectivity index (χ2n) is 8.47. The summed E-state index contributed by atoms with van der Waals surface area (Å²) >= 11 is 0. The fourth-order valence-electron chi connectivity index (χ4n) is 4.05. The monoisotopic (exact) mass is 468 g/mol. The van der Waals surface area contributed by atoms with Crippen molar-refractivity contribution in [1.29, 1.82) is 0 Å². The number of halogens is 3. The summed E-state index contributed by atoms with van der Waals surface area (Å²) in [5.41, 5.74) is 4.87. The molecule has 0 amide bonds. The molecule has 174 valence electrons. The Bertz CT molecular complexity index is 1410. The van der Waals surface area contributed by atoms with Gasteiger partial charge in [-0.2, -0.15) is 0 Å². The van der Waals surface area contributed by atoms with Crippen LogP contribution in [0.3, 0.4) is 0 Å². The van der Waals surface area contributed by atoms with Crippen LogP contribution in [0.1, 0.15) is 35.3 Å². The van der Waals surface area contributed by atoms with Crippen LogP contribution in [0.15, 0.2) is 84.9 Å². The molecule has 5 rings (SSSR count). The van der Waals surface area contributed by atoms with Crippen LogP contribution in [0, 0.1) is 17.5 Å². The minimum atomic E-state index is -0.894. The molecule has 1 nitrogen and oxygen atoms in total. The van der Waals surface area contributed by atoms with Crippen molar-refractivity contribution in [3.63, 3.8) is 0 Å². The molecule has 1 aliphatic heterocycles. The molecule has 1 aliphatic rings. The minimum Gasteiger partial charge on any atom is -0.368 e. The van der Waals surface area contributed by atoms with Crippen LogP contribution in [0.2, 0.25) is 0 Å². The van der Waals surface area contributed by atoms with E-state index in [0.29, 0.717) is 17.7 Å². The average molecular weight is 469 g/mol. The van der Waals surface area contributed by atoms with Gasteiger partial charge in [-0.1, -0.05) is 97.1 Å². The van der Waals surface area contributed by atoms with Gasteiger partial charge in [0.1, 0.15) is 11.9 Å². The summed E-state index contributed by atoms with van der Waals surface area (Å²) in [5.74, 6) is -2.07. The van der Waals surface area contributed by atoms with Crippen molar-refractivity contribution in [2.75, 3.05) is 6.61 Å². The Kier molecular flexibility index (Phi) is 6.39. The van der Waals surface area contributed by atoms with E-state index in [2.05, 4.69) is 0 Å². The Hall–Kier alpha value is -3.89. The first-order valence-electron chi connectivity index (χ1n) is 11.4. The van der Waals surface area contributed by atoms with Gasteiger partial charge in [-0.25, -0.2) is 13.2 Å². The largest absolute Gasteiger partial charge is 0.368 e. The summed E-state index contributed by atoms with van der Waals surface area (Å²) in [7, 11) is 0. The lowest BCUT2D eigenvalue weighted by Crippen LogP contribution is -1.93. The van der Waals surface area contributed by atoms with Crippen LogP contribution in [0.25, 0.3) is 40.5 Å². The van der Waals surface area contributed by atoms with Crippen LogP contribution < -0.4 is 0 Å². The Morgan fingerprint density at radius 3 is 1.89 bits per heavy atom. The maximum Gasteiger partial charge on any atom is 0.167 e. The highest BCUT2D eigenvalue weighted by Crippen LogP contribution is 2.33. The third kappa shape index (κ3) is 4.98. The highest BCUT2D eigenvalue weighted by atomic mass is 19.2. The van der Waals surface area contributed by atoms with E-state index in [0.717, 1.165) is 22.3 Å². The molecule has 4 aromatic carbocycles. The lowest BCUT2D eigenvalue weighted by molar-refractivity contribution is 0.415. The summed E-state index contributed by atoms with van der Waals surface area (Å²) in [4.78, 5) is 0. The first-order chi connectivity index (χ1) is 17.0. The van der Waals surface area contributed by atoms with Gasteiger partial charge in [0, 0.05) is 16.7 Å². The fraction of sp³-hybridized carbons (Fsp3) is 0.0968. The molecule has 1 atom stereocenters. The van der Waals surface area contributed by atoms with Crippen molar-refractivity contribution in [3.05, 3.63) is 125 Å². The molecule has 4 aromatic rings. The topological polar surface area (TPSA) is 12.5 Å². The molecule has 0 radical (unpaired) electrons. The number of hydrogen-bond donors (Lipinski definition) is 0. The van der Waals surface area contributed by atoms with Crippen LogP contribution in [0.4, 0.5) is 13.2 Å². The molecular weight excluding hydrogens is 445 g/mol. The van der Waals surface area contributed by atoms with Crippen molar-refractivity contribution in [2.24, 2.45) is 0 Å². The number of hydrogen-bond acceptors (Lipinski definition) is 1. The predicted octanol–water partition coefficient (Wildman–Crippen LogP) is 8.71. The highest BCUT2D eigenvalue weighted by molar-refractivity contribution is 5.75. The van der Waals surface area contributed by atoms with Gasteiger partial charge in [-0.3, -0.25) is 0 Å². The quantitative estimate of drug-likeness (QED) is 0.204. The minimum absolute atomic E-state index is 0.00845. The van der Waals surface area contributed by atoms with E-state index in [1.165, 1.54) is 12.1 Å². The van der Waals surface area contributed by atoms with Gasteiger partial charge in [0.2, 0.25) is 0 Å². The first-order valence-corrected chi connectivity index (χ1v) is 11.4. The normalized spacial score (nSPS) is 15.3. The van der Waals surface area contributed by atoms with Gasteiger partial charge >= 0.3 is 0 Å². The summed E-state index contributed by atoms with van der Waals surface area (Å²) in [6, 6.07) is 22.8. The number of allylic oxidation sites excluding steroid dienone is 1. The van der Waals surface area contributed by atoms with Gasteiger partial charge in [0.25, 0.3) is 0 Å². The molecular formula is C31H23F3O. The summed E-state index contributed by atoms with van der Waals surface area (Å²) in [6.45, 7) is 2.56. The zero-order valence-corrected chi connectivity index (χ0v) is 19.1. The van der Waals surface area contributed by atoms with Crippen molar-refractivity contribution in [3.8, 4) is 22.3 Å². The number of epoxide rings is 1. The smallest absolute Gasteiger partial charge is 0.167 e. The first kappa shape index (κ1) is 22.9. The van der Waals surface area contributed by atoms with Gasteiger partial charge in [0.05, 0.1) is 6.61 Å². The summed E-state index contributed by atoms with van der Waals surface area (Å²) in [5, 5.41) is 0. The van der Waals surface area contributed by atoms with Crippen LogP contribution in [-0.2, 0) is 4.74 Å². The third-order valence-corrected chi connectivity index (χ3v) is 6.07. The zero-order chi connectivity index (χ0) is 24.4. The van der Waals surface area contributed by atoms with E-state index in [4.69, 9.17) is 4.74 Å². The van der Waals surface area contributed by atoms with Gasteiger partial charge in [0.15, 0.2) is 11.6 Å².